The van der Waals surface area contributed by atoms with Crippen LogP contribution in [-0.4, -0.2) is 65.9 Å². The van der Waals surface area contributed by atoms with E-state index in [4.69, 9.17) is 0 Å². The van der Waals surface area contributed by atoms with E-state index in [1.807, 2.05) is 31.2 Å². The summed E-state index contributed by atoms with van der Waals surface area (Å²) in [6.07, 6.45) is 2.51. The molecule has 1 atom stereocenters. The van der Waals surface area contributed by atoms with E-state index in [2.05, 4.69) is 27.3 Å². The van der Waals surface area contributed by atoms with Crippen molar-refractivity contribution < 1.29 is 9.59 Å². The number of nitrogens with zero attached hydrogens (tertiary/aromatic N) is 3. The third-order valence-electron chi connectivity index (χ3n) is 4.99. The minimum Gasteiger partial charge on any atom is -0.357 e. The molecule has 1 N–H and O–H groups in total. The van der Waals surface area contributed by atoms with Gasteiger partial charge in [-0.3, -0.25) is 19.5 Å². The molecule has 2 amide bonds. The van der Waals surface area contributed by atoms with Gasteiger partial charge in [0.05, 0.1) is 5.56 Å². The molecule has 0 saturated carbocycles. The molecule has 27 heavy (non-hydrogen) atoms. The van der Waals surface area contributed by atoms with Crippen LogP contribution in [0, 0.1) is 6.92 Å². The fourth-order valence-corrected chi connectivity index (χ4v) is 3.37. The number of amides is 2. The Morgan fingerprint density at radius 1 is 1.15 bits per heavy atom. The molecule has 1 aromatic carbocycles. The van der Waals surface area contributed by atoms with Crippen LogP contribution in [0.5, 0.6) is 0 Å². The van der Waals surface area contributed by atoms with Gasteiger partial charge in [0.15, 0.2) is 0 Å². The summed E-state index contributed by atoms with van der Waals surface area (Å²) in [6.45, 7) is 4.57. The van der Waals surface area contributed by atoms with Crippen LogP contribution < -0.4 is 5.32 Å². The van der Waals surface area contributed by atoms with Crippen LogP contribution in [0.2, 0.25) is 0 Å². The standard InChI is InChI=1S/C21H26N4O2/c1-16-8-9-18(14-23-16)21(27)25-13-12-24(15-19(25)20(26)22-2)11-10-17-6-4-3-5-7-17/h3-9,14,19H,10-13,15H2,1-2H3,(H,22,26)/t19-/m0/s1. The number of likely N-dealkylation sites (N-methyl/N-ethyl adjacent to an activating group) is 1. The Balaban J connectivity index is 1.68. The molecule has 1 aliphatic heterocycles. The van der Waals surface area contributed by atoms with Gasteiger partial charge in [0, 0.05) is 45.1 Å². The van der Waals surface area contributed by atoms with Crippen molar-refractivity contribution in [3.05, 3.63) is 65.5 Å². The number of piperazine rings is 1. The SMILES string of the molecule is CNC(=O)[C@@H]1CN(CCc2ccccc2)CCN1C(=O)c1ccc(C)nc1. The van der Waals surface area contributed by atoms with E-state index < -0.39 is 6.04 Å². The van der Waals surface area contributed by atoms with Crippen molar-refractivity contribution in [2.75, 3.05) is 33.2 Å². The van der Waals surface area contributed by atoms with Crippen molar-refractivity contribution in [1.29, 1.82) is 0 Å². The van der Waals surface area contributed by atoms with Gasteiger partial charge in [0.25, 0.3) is 5.91 Å². The first-order valence-electron chi connectivity index (χ1n) is 9.30. The van der Waals surface area contributed by atoms with Gasteiger partial charge in [-0.25, -0.2) is 0 Å². The van der Waals surface area contributed by atoms with Crippen molar-refractivity contribution in [2.24, 2.45) is 0 Å². The second-order valence-electron chi connectivity index (χ2n) is 6.85. The number of benzene rings is 1. The number of aryl methyl sites for hydroxylation is 1. The molecule has 6 heteroatoms. The van der Waals surface area contributed by atoms with E-state index in [0.717, 1.165) is 25.2 Å². The van der Waals surface area contributed by atoms with Crippen LogP contribution in [0.15, 0.2) is 48.7 Å². The van der Waals surface area contributed by atoms with Gasteiger partial charge in [0.1, 0.15) is 6.04 Å². The summed E-state index contributed by atoms with van der Waals surface area (Å²) in [5.41, 5.74) is 2.66. The number of hydrogen-bond donors (Lipinski definition) is 1. The molecular weight excluding hydrogens is 340 g/mol. The number of nitrogens with one attached hydrogen (secondary N) is 1. The van der Waals surface area contributed by atoms with Crippen molar-refractivity contribution in [1.82, 2.24) is 20.1 Å². The highest BCUT2D eigenvalue weighted by atomic mass is 16.2. The maximum absolute atomic E-state index is 12.9. The molecule has 1 saturated heterocycles. The first-order chi connectivity index (χ1) is 13.1. The van der Waals surface area contributed by atoms with Gasteiger partial charge in [-0.1, -0.05) is 30.3 Å². The summed E-state index contributed by atoms with van der Waals surface area (Å²) >= 11 is 0. The van der Waals surface area contributed by atoms with Gasteiger partial charge in [-0.15, -0.1) is 0 Å². The molecule has 6 nitrogen and oxygen atoms in total. The number of carbonyl (C=O) groups is 2. The summed E-state index contributed by atoms with van der Waals surface area (Å²) in [4.78, 5) is 33.5. The molecule has 0 spiro atoms. The Kier molecular flexibility index (Phi) is 6.19. The fourth-order valence-electron chi connectivity index (χ4n) is 3.37. The second kappa shape index (κ2) is 8.77. The zero-order valence-electron chi connectivity index (χ0n) is 15.9. The quantitative estimate of drug-likeness (QED) is 0.871. The van der Waals surface area contributed by atoms with Crippen LogP contribution in [0.3, 0.4) is 0 Å². The van der Waals surface area contributed by atoms with Gasteiger partial charge in [-0.05, 0) is 31.0 Å². The maximum Gasteiger partial charge on any atom is 0.256 e. The lowest BCUT2D eigenvalue weighted by molar-refractivity contribution is -0.127. The third-order valence-corrected chi connectivity index (χ3v) is 4.99. The number of carbonyl (C=O) groups excluding carboxylic acids is 2. The largest absolute Gasteiger partial charge is 0.357 e. The monoisotopic (exact) mass is 366 g/mol. The molecular formula is C21H26N4O2. The van der Waals surface area contributed by atoms with Crippen LogP contribution in [0.25, 0.3) is 0 Å². The highest BCUT2D eigenvalue weighted by Crippen LogP contribution is 2.15. The lowest BCUT2D eigenvalue weighted by atomic mass is 10.1. The molecule has 0 bridgehead atoms. The Hall–Kier alpha value is -2.73. The number of pyridine rings is 1. The summed E-state index contributed by atoms with van der Waals surface area (Å²) < 4.78 is 0. The van der Waals surface area contributed by atoms with Gasteiger partial charge < -0.3 is 10.2 Å². The number of hydrogen-bond acceptors (Lipinski definition) is 4. The predicted octanol–water partition coefficient (Wildman–Crippen LogP) is 1.51. The summed E-state index contributed by atoms with van der Waals surface area (Å²) in [5, 5.41) is 2.70. The van der Waals surface area contributed by atoms with E-state index in [0.29, 0.717) is 18.7 Å². The van der Waals surface area contributed by atoms with Crippen LogP contribution >= 0.6 is 0 Å². The van der Waals surface area contributed by atoms with Gasteiger partial charge >= 0.3 is 0 Å². The van der Waals surface area contributed by atoms with Crippen LogP contribution in [0.4, 0.5) is 0 Å². The van der Waals surface area contributed by atoms with Crippen molar-refractivity contribution >= 4 is 11.8 Å². The van der Waals surface area contributed by atoms with Crippen molar-refractivity contribution in [2.45, 2.75) is 19.4 Å². The van der Waals surface area contributed by atoms with Crippen molar-refractivity contribution in [3.63, 3.8) is 0 Å². The molecule has 0 aliphatic carbocycles. The van der Waals surface area contributed by atoms with Crippen LogP contribution in [-0.2, 0) is 11.2 Å². The fraction of sp³-hybridized carbons (Fsp3) is 0.381. The van der Waals surface area contributed by atoms with E-state index >= 15 is 0 Å². The molecule has 1 fully saturated rings. The van der Waals surface area contributed by atoms with E-state index in [1.165, 1.54) is 5.56 Å². The second-order valence-corrected chi connectivity index (χ2v) is 6.85. The molecule has 1 aromatic heterocycles. The average molecular weight is 366 g/mol. The Morgan fingerprint density at radius 3 is 2.59 bits per heavy atom. The van der Waals surface area contributed by atoms with Gasteiger partial charge in [0.2, 0.25) is 5.91 Å². The van der Waals surface area contributed by atoms with Crippen LogP contribution in [0.1, 0.15) is 21.6 Å². The lowest BCUT2D eigenvalue weighted by Gasteiger charge is -2.40. The minimum atomic E-state index is -0.492. The normalized spacial score (nSPS) is 17.6. The zero-order valence-corrected chi connectivity index (χ0v) is 15.9. The van der Waals surface area contributed by atoms with Gasteiger partial charge in [-0.2, -0.15) is 0 Å². The molecule has 1 aliphatic rings. The van der Waals surface area contributed by atoms with Crippen molar-refractivity contribution in [3.8, 4) is 0 Å². The average Bonchev–Trinajstić information content (AvgIpc) is 2.72. The number of rotatable bonds is 5. The molecule has 2 heterocycles. The minimum absolute atomic E-state index is 0.132. The lowest BCUT2D eigenvalue weighted by Crippen LogP contribution is -2.60. The first-order valence-corrected chi connectivity index (χ1v) is 9.30. The first kappa shape index (κ1) is 19.0. The van der Waals surface area contributed by atoms with E-state index in [-0.39, 0.29) is 11.8 Å². The highest BCUT2D eigenvalue weighted by Gasteiger charge is 2.35. The zero-order chi connectivity index (χ0) is 19.2. The maximum atomic E-state index is 12.9. The Bertz CT molecular complexity index is 777. The van der Waals surface area contributed by atoms with E-state index in [1.54, 1.807) is 24.2 Å². The molecule has 2 aromatic rings. The predicted molar refractivity (Wildman–Crippen MR) is 104 cm³/mol. The molecule has 0 unspecified atom stereocenters. The third kappa shape index (κ3) is 4.71. The Labute approximate surface area is 160 Å². The highest BCUT2D eigenvalue weighted by molar-refractivity contribution is 5.97. The van der Waals surface area contributed by atoms with E-state index in [9.17, 15) is 9.59 Å². The molecule has 142 valence electrons. The topological polar surface area (TPSA) is 65.5 Å². The number of aromatic nitrogens is 1. The smallest absolute Gasteiger partial charge is 0.256 e. The summed E-state index contributed by atoms with van der Waals surface area (Å²) in [7, 11) is 1.61. The molecule has 0 radical (unpaired) electrons. The summed E-state index contributed by atoms with van der Waals surface area (Å²) in [5.74, 6) is -0.272. The summed E-state index contributed by atoms with van der Waals surface area (Å²) in [6, 6.07) is 13.4. The molecule has 3 rings (SSSR count). The Morgan fingerprint density at radius 2 is 1.93 bits per heavy atom.